The second-order valence-corrected chi connectivity index (χ2v) is 6.49. The second kappa shape index (κ2) is 18.8. The first-order valence-electron chi connectivity index (χ1n) is 10.0. The second-order valence-electron chi connectivity index (χ2n) is 6.49. The van der Waals surface area contributed by atoms with Gasteiger partial charge in [0.2, 0.25) is 0 Å². The molecule has 2 heteroatoms. The fraction of sp³-hybridized carbons (Fsp3) is 0.609. The predicted octanol–water partition coefficient (Wildman–Crippen LogP) is 7.24. The van der Waals surface area contributed by atoms with Crippen LogP contribution in [0.25, 0.3) is 0 Å². The van der Waals surface area contributed by atoms with E-state index in [0.717, 1.165) is 44.9 Å². The number of carbonyl (C=O) groups is 1. The van der Waals surface area contributed by atoms with Crippen LogP contribution in [0.1, 0.15) is 84.5 Å². The van der Waals surface area contributed by atoms with Gasteiger partial charge in [-0.25, -0.2) is 0 Å². The molecule has 0 aliphatic heterocycles. The van der Waals surface area contributed by atoms with Crippen molar-refractivity contribution in [2.75, 3.05) is 0 Å². The molecule has 0 saturated heterocycles. The molecule has 0 aliphatic carbocycles. The number of hydrogen-bond acceptors (Lipinski definition) is 1. The summed E-state index contributed by atoms with van der Waals surface area (Å²) in [6, 6.07) is 0. The third-order valence-corrected chi connectivity index (χ3v) is 4.13. The van der Waals surface area contributed by atoms with Crippen molar-refractivity contribution in [2.24, 2.45) is 5.92 Å². The van der Waals surface area contributed by atoms with E-state index in [-0.39, 0.29) is 5.92 Å². The van der Waals surface area contributed by atoms with Crippen molar-refractivity contribution in [1.82, 2.24) is 0 Å². The topological polar surface area (TPSA) is 37.3 Å². The molecular weight excluding hydrogens is 308 g/mol. The highest BCUT2D eigenvalue weighted by Crippen LogP contribution is 2.14. The molecule has 0 bridgehead atoms. The Morgan fingerprint density at radius 2 is 1.24 bits per heavy atom. The zero-order valence-corrected chi connectivity index (χ0v) is 16.3. The Balaban J connectivity index is 3.62. The smallest absolute Gasteiger partial charge is 0.306 e. The van der Waals surface area contributed by atoms with Gasteiger partial charge in [0.05, 0.1) is 5.92 Å². The van der Waals surface area contributed by atoms with E-state index in [4.69, 9.17) is 5.11 Å². The van der Waals surface area contributed by atoms with Crippen molar-refractivity contribution in [1.29, 1.82) is 0 Å². The Hall–Kier alpha value is -1.57. The van der Waals surface area contributed by atoms with Crippen molar-refractivity contribution in [3.05, 3.63) is 48.6 Å². The minimum absolute atomic E-state index is 0.184. The molecule has 0 rings (SSSR count). The van der Waals surface area contributed by atoms with Crippen LogP contribution >= 0.6 is 0 Å². The van der Waals surface area contributed by atoms with Crippen LogP contribution in [0.5, 0.6) is 0 Å². The van der Waals surface area contributed by atoms with Crippen LogP contribution in [0.15, 0.2) is 48.6 Å². The van der Waals surface area contributed by atoms with Crippen LogP contribution < -0.4 is 0 Å². The molecule has 0 aromatic rings. The van der Waals surface area contributed by atoms with Crippen molar-refractivity contribution in [2.45, 2.75) is 84.5 Å². The molecule has 0 saturated carbocycles. The molecule has 142 valence electrons. The summed E-state index contributed by atoms with van der Waals surface area (Å²) in [5.74, 6) is -0.839. The van der Waals surface area contributed by atoms with E-state index < -0.39 is 5.97 Å². The van der Waals surface area contributed by atoms with E-state index in [9.17, 15) is 4.79 Å². The van der Waals surface area contributed by atoms with Gasteiger partial charge in [0, 0.05) is 0 Å². The molecule has 1 unspecified atom stereocenters. The molecule has 0 spiro atoms. The van der Waals surface area contributed by atoms with E-state index in [1.807, 2.05) is 6.92 Å². The first-order chi connectivity index (χ1) is 12.2. The van der Waals surface area contributed by atoms with E-state index in [2.05, 4.69) is 55.5 Å². The van der Waals surface area contributed by atoms with E-state index in [1.54, 1.807) is 0 Å². The summed E-state index contributed by atoms with van der Waals surface area (Å²) in [5, 5.41) is 9.08. The lowest BCUT2D eigenvalue weighted by Gasteiger charge is -2.08. The third-order valence-electron chi connectivity index (χ3n) is 4.13. The lowest BCUT2D eigenvalue weighted by molar-refractivity contribution is -0.142. The van der Waals surface area contributed by atoms with Crippen molar-refractivity contribution < 1.29 is 9.90 Å². The first kappa shape index (κ1) is 23.4. The molecule has 0 amide bonds. The van der Waals surface area contributed by atoms with Crippen LogP contribution in [0.4, 0.5) is 0 Å². The molecule has 0 radical (unpaired) electrons. The maximum absolute atomic E-state index is 11.0. The average Bonchev–Trinajstić information content (AvgIpc) is 2.60. The molecule has 0 aromatic heterocycles. The van der Waals surface area contributed by atoms with Gasteiger partial charge in [0.1, 0.15) is 0 Å². The SMILES string of the molecule is CCCCC/C=C\C/C=C\C/C=C\C/C=C\CCC(CCC)C(=O)O. The standard InChI is InChI=1S/C23H38O2/c1-3-5-6-7-8-9-10-11-12-13-14-15-16-17-18-19-21-22(20-4-2)23(24)25/h8-9,11-12,14-15,17-18,22H,3-7,10,13,16,19-21H2,1-2H3,(H,24,25)/b9-8-,12-11-,15-14-,18-17-. The highest BCUT2D eigenvalue weighted by molar-refractivity contribution is 5.69. The van der Waals surface area contributed by atoms with Gasteiger partial charge >= 0.3 is 5.97 Å². The Kier molecular flexibility index (Phi) is 17.6. The van der Waals surface area contributed by atoms with Gasteiger partial charge in [-0.2, -0.15) is 0 Å². The molecule has 1 atom stereocenters. The Bertz CT molecular complexity index is 416. The van der Waals surface area contributed by atoms with Crippen LogP contribution in [-0.4, -0.2) is 11.1 Å². The van der Waals surface area contributed by atoms with Gasteiger partial charge in [-0.15, -0.1) is 0 Å². The normalized spacial score (nSPS) is 13.7. The number of carboxylic acids is 1. The third kappa shape index (κ3) is 17.1. The van der Waals surface area contributed by atoms with Crippen LogP contribution in [0.3, 0.4) is 0 Å². The summed E-state index contributed by atoms with van der Waals surface area (Å²) in [6.07, 6.45) is 28.9. The van der Waals surface area contributed by atoms with Crippen LogP contribution in [0, 0.1) is 5.92 Å². The van der Waals surface area contributed by atoms with Crippen molar-refractivity contribution in [3.8, 4) is 0 Å². The Labute approximate surface area is 155 Å². The van der Waals surface area contributed by atoms with E-state index in [0.29, 0.717) is 0 Å². The minimum atomic E-state index is -0.655. The van der Waals surface area contributed by atoms with Gasteiger partial charge in [-0.1, -0.05) is 81.7 Å². The lowest BCUT2D eigenvalue weighted by atomic mass is 9.98. The Morgan fingerprint density at radius 1 is 0.720 bits per heavy atom. The molecule has 25 heavy (non-hydrogen) atoms. The fourth-order valence-corrected chi connectivity index (χ4v) is 2.60. The van der Waals surface area contributed by atoms with Gasteiger partial charge in [0.15, 0.2) is 0 Å². The van der Waals surface area contributed by atoms with Gasteiger partial charge < -0.3 is 5.11 Å². The predicted molar refractivity (Wildman–Crippen MR) is 110 cm³/mol. The lowest BCUT2D eigenvalue weighted by Crippen LogP contribution is -2.12. The molecular formula is C23H38O2. The summed E-state index contributed by atoms with van der Waals surface area (Å²) in [6.45, 7) is 4.27. The van der Waals surface area contributed by atoms with Crippen LogP contribution in [-0.2, 0) is 4.79 Å². The van der Waals surface area contributed by atoms with Gasteiger partial charge in [-0.3, -0.25) is 4.79 Å². The molecule has 0 aromatic carbocycles. The number of aliphatic carboxylic acids is 1. The van der Waals surface area contributed by atoms with Gasteiger partial charge in [0.25, 0.3) is 0 Å². The maximum Gasteiger partial charge on any atom is 0.306 e. The zero-order valence-electron chi connectivity index (χ0n) is 16.3. The van der Waals surface area contributed by atoms with E-state index >= 15 is 0 Å². The quantitative estimate of drug-likeness (QED) is 0.236. The summed E-state index contributed by atoms with van der Waals surface area (Å²) in [4.78, 5) is 11.0. The number of unbranched alkanes of at least 4 members (excludes halogenated alkanes) is 3. The van der Waals surface area contributed by atoms with Crippen molar-refractivity contribution >= 4 is 5.97 Å². The monoisotopic (exact) mass is 346 g/mol. The van der Waals surface area contributed by atoms with Crippen LogP contribution in [0.2, 0.25) is 0 Å². The minimum Gasteiger partial charge on any atom is -0.481 e. The Morgan fingerprint density at radius 3 is 1.72 bits per heavy atom. The summed E-state index contributed by atoms with van der Waals surface area (Å²) in [7, 11) is 0. The summed E-state index contributed by atoms with van der Waals surface area (Å²) in [5.41, 5.74) is 0. The number of allylic oxidation sites excluding steroid dienone is 8. The molecule has 0 heterocycles. The molecule has 1 N–H and O–H groups in total. The number of hydrogen-bond donors (Lipinski definition) is 1. The largest absolute Gasteiger partial charge is 0.481 e. The molecule has 2 nitrogen and oxygen atoms in total. The average molecular weight is 347 g/mol. The van der Waals surface area contributed by atoms with Gasteiger partial charge in [-0.05, 0) is 51.4 Å². The van der Waals surface area contributed by atoms with Crippen molar-refractivity contribution in [3.63, 3.8) is 0 Å². The highest BCUT2D eigenvalue weighted by atomic mass is 16.4. The number of carboxylic acid groups (broad SMARTS) is 1. The molecule has 0 aliphatic rings. The fourth-order valence-electron chi connectivity index (χ4n) is 2.60. The summed E-state index contributed by atoms with van der Waals surface area (Å²) >= 11 is 0. The molecule has 0 fully saturated rings. The highest BCUT2D eigenvalue weighted by Gasteiger charge is 2.14. The summed E-state index contributed by atoms with van der Waals surface area (Å²) < 4.78 is 0. The number of rotatable bonds is 16. The zero-order chi connectivity index (χ0) is 18.6. The maximum atomic E-state index is 11.0. The van der Waals surface area contributed by atoms with E-state index in [1.165, 1.54) is 25.7 Å². The first-order valence-corrected chi connectivity index (χ1v) is 10.0.